The molecule has 0 aliphatic carbocycles. The first kappa shape index (κ1) is 22.7. The zero-order valence-electron chi connectivity index (χ0n) is 15.9. The van der Waals surface area contributed by atoms with E-state index in [-0.39, 0.29) is 12.4 Å². The van der Waals surface area contributed by atoms with Crippen molar-refractivity contribution in [3.05, 3.63) is 12.2 Å². The van der Waals surface area contributed by atoms with Gasteiger partial charge in [-0.05, 0) is 12.8 Å². The minimum atomic E-state index is -0.537. The van der Waals surface area contributed by atoms with Crippen LogP contribution in [0, 0.1) is 5.92 Å². The Morgan fingerprint density at radius 1 is 0.833 bits per heavy atom. The van der Waals surface area contributed by atoms with Gasteiger partial charge in [-0.25, -0.2) is 0 Å². The quantitative estimate of drug-likeness (QED) is 0.233. The van der Waals surface area contributed by atoms with E-state index in [4.69, 9.17) is 4.74 Å². The normalized spacial score (nSPS) is 12.3. The molecule has 0 aromatic carbocycles. The van der Waals surface area contributed by atoms with E-state index in [1.165, 1.54) is 72.0 Å². The monoisotopic (exact) mass is 340 g/mol. The number of allylic oxidation sites excluding steroid dienone is 1. The molecule has 0 N–H and O–H groups in total. The average Bonchev–Trinajstić information content (AvgIpc) is 2.60. The second-order valence-electron chi connectivity index (χ2n) is 6.31. The van der Waals surface area contributed by atoms with Gasteiger partial charge < -0.3 is 9.47 Å². The van der Waals surface area contributed by atoms with Crippen molar-refractivity contribution in [1.29, 1.82) is 0 Å². The van der Waals surface area contributed by atoms with Crippen LogP contribution in [0.5, 0.6) is 0 Å². The van der Waals surface area contributed by atoms with Gasteiger partial charge in [-0.3, -0.25) is 9.59 Å². The molecular formula is C20H36O4. The van der Waals surface area contributed by atoms with Crippen molar-refractivity contribution in [2.24, 2.45) is 5.92 Å². The van der Waals surface area contributed by atoms with Crippen LogP contribution in [0.3, 0.4) is 0 Å². The fraction of sp³-hybridized carbons (Fsp3) is 0.800. The SMILES string of the molecule is CCCCCCCCCCCCC=CC(CC(=O)OC)C(=O)OC. The molecule has 0 rings (SSSR count). The van der Waals surface area contributed by atoms with Crippen LogP contribution in [0.1, 0.15) is 84.0 Å². The molecule has 0 saturated heterocycles. The third kappa shape index (κ3) is 13.1. The summed E-state index contributed by atoms with van der Waals surface area (Å²) in [5.74, 6) is -1.32. The summed E-state index contributed by atoms with van der Waals surface area (Å²) in [4.78, 5) is 22.9. The Bertz CT molecular complexity index is 350. The molecule has 0 aliphatic heterocycles. The molecule has 0 heterocycles. The van der Waals surface area contributed by atoms with E-state index in [9.17, 15) is 9.59 Å². The number of esters is 2. The first-order valence-corrected chi connectivity index (χ1v) is 9.47. The van der Waals surface area contributed by atoms with Gasteiger partial charge in [-0.2, -0.15) is 0 Å². The lowest BCUT2D eigenvalue weighted by atomic mass is 10.0. The molecule has 24 heavy (non-hydrogen) atoms. The summed E-state index contributed by atoms with van der Waals surface area (Å²) in [6.45, 7) is 2.25. The van der Waals surface area contributed by atoms with Crippen LogP contribution in [-0.4, -0.2) is 26.2 Å². The summed E-state index contributed by atoms with van der Waals surface area (Å²) < 4.78 is 9.33. The zero-order chi connectivity index (χ0) is 18.0. The summed E-state index contributed by atoms with van der Waals surface area (Å²) in [7, 11) is 2.66. The Balaban J connectivity index is 3.70. The number of hydrogen-bond donors (Lipinski definition) is 0. The molecule has 1 atom stereocenters. The number of carbonyl (C=O) groups is 2. The lowest BCUT2D eigenvalue weighted by Crippen LogP contribution is -2.18. The highest BCUT2D eigenvalue weighted by Gasteiger charge is 2.19. The van der Waals surface area contributed by atoms with E-state index in [0.717, 1.165) is 12.8 Å². The molecule has 0 bridgehead atoms. The van der Waals surface area contributed by atoms with Crippen LogP contribution >= 0.6 is 0 Å². The van der Waals surface area contributed by atoms with Crippen molar-refractivity contribution in [1.82, 2.24) is 0 Å². The van der Waals surface area contributed by atoms with Crippen molar-refractivity contribution in [2.75, 3.05) is 14.2 Å². The van der Waals surface area contributed by atoms with Gasteiger partial charge >= 0.3 is 11.9 Å². The molecule has 0 spiro atoms. The van der Waals surface area contributed by atoms with Gasteiger partial charge in [0.15, 0.2) is 0 Å². The summed E-state index contributed by atoms with van der Waals surface area (Å²) in [6, 6.07) is 0. The fourth-order valence-electron chi connectivity index (χ4n) is 2.65. The summed E-state index contributed by atoms with van der Waals surface area (Å²) >= 11 is 0. The van der Waals surface area contributed by atoms with Crippen LogP contribution in [0.25, 0.3) is 0 Å². The van der Waals surface area contributed by atoms with Gasteiger partial charge in [0, 0.05) is 0 Å². The van der Waals surface area contributed by atoms with E-state index < -0.39 is 11.9 Å². The molecule has 0 radical (unpaired) electrons. The maximum atomic E-state index is 11.6. The van der Waals surface area contributed by atoms with Crippen LogP contribution in [0.2, 0.25) is 0 Å². The lowest BCUT2D eigenvalue weighted by molar-refractivity contribution is -0.150. The second kappa shape index (κ2) is 16.5. The van der Waals surface area contributed by atoms with E-state index in [2.05, 4.69) is 11.7 Å². The predicted molar refractivity (Wildman–Crippen MR) is 97.7 cm³/mol. The third-order valence-corrected chi connectivity index (χ3v) is 4.21. The molecule has 0 aromatic heterocycles. The molecule has 140 valence electrons. The molecule has 0 aliphatic rings. The Labute approximate surface area is 148 Å². The smallest absolute Gasteiger partial charge is 0.313 e. The minimum Gasteiger partial charge on any atom is -0.469 e. The summed E-state index contributed by atoms with van der Waals surface area (Å²) in [5.41, 5.74) is 0. The van der Waals surface area contributed by atoms with Gasteiger partial charge in [0.1, 0.15) is 0 Å². The van der Waals surface area contributed by atoms with Gasteiger partial charge in [-0.1, -0.05) is 76.9 Å². The topological polar surface area (TPSA) is 52.6 Å². The van der Waals surface area contributed by atoms with Crippen molar-refractivity contribution < 1.29 is 19.1 Å². The number of rotatable bonds is 15. The van der Waals surface area contributed by atoms with Crippen LogP contribution in [-0.2, 0) is 19.1 Å². The first-order valence-electron chi connectivity index (χ1n) is 9.47. The summed E-state index contributed by atoms with van der Waals surface area (Å²) in [5, 5.41) is 0. The average molecular weight is 341 g/mol. The van der Waals surface area contributed by atoms with E-state index in [1.54, 1.807) is 6.08 Å². The fourth-order valence-corrected chi connectivity index (χ4v) is 2.65. The lowest BCUT2D eigenvalue weighted by Gasteiger charge is -2.08. The van der Waals surface area contributed by atoms with Gasteiger partial charge in [0.25, 0.3) is 0 Å². The maximum absolute atomic E-state index is 11.6. The van der Waals surface area contributed by atoms with Crippen LogP contribution in [0.15, 0.2) is 12.2 Å². The second-order valence-corrected chi connectivity index (χ2v) is 6.31. The summed E-state index contributed by atoms with van der Waals surface area (Å²) in [6.07, 6.45) is 17.8. The van der Waals surface area contributed by atoms with Gasteiger partial charge in [0.05, 0.1) is 26.6 Å². The highest BCUT2D eigenvalue weighted by atomic mass is 16.5. The first-order chi connectivity index (χ1) is 11.7. The van der Waals surface area contributed by atoms with Crippen molar-refractivity contribution in [3.63, 3.8) is 0 Å². The number of ether oxygens (including phenoxy) is 2. The van der Waals surface area contributed by atoms with Gasteiger partial charge in [0.2, 0.25) is 0 Å². The number of hydrogen-bond acceptors (Lipinski definition) is 4. The number of methoxy groups -OCH3 is 2. The standard InChI is InChI=1S/C20H36O4/c1-4-5-6-7-8-9-10-11-12-13-14-15-16-18(20(22)24-3)17-19(21)23-2/h15-16,18H,4-14,17H2,1-3H3. The molecule has 1 unspecified atom stereocenters. The Morgan fingerprint density at radius 2 is 1.38 bits per heavy atom. The maximum Gasteiger partial charge on any atom is 0.313 e. The number of unbranched alkanes of at least 4 members (excludes halogenated alkanes) is 10. The Kier molecular flexibility index (Phi) is 15.6. The third-order valence-electron chi connectivity index (χ3n) is 4.21. The largest absolute Gasteiger partial charge is 0.469 e. The number of carbonyl (C=O) groups excluding carboxylic acids is 2. The molecule has 4 nitrogen and oxygen atoms in total. The van der Waals surface area contributed by atoms with Crippen molar-refractivity contribution >= 4 is 11.9 Å². The van der Waals surface area contributed by atoms with Crippen molar-refractivity contribution in [3.8, 4) is 0 Å². The van der Waals surface area contributed by atoms with E-state index in [0.29, 0.717) is 0 Å². The zero-order valence-corrected chi connectivity index (χ0v) is 15.9. The van der Waals surface area contributed by atoms with E-state index in [1.807, 2.05) is 6.08 Å². The van der Waals surface area contributed by atoms with E-state index >= 15 is 0 Å². The molecule has 4 heteroatoms. The van der Waals surface area contributed by atoms with Crippen molar-refractivity contribution in [2.45, 2.75) is 84.0 Å². The predicted octanol–water partition coefficient (Wildman–Crippen LogP) is 5.21. The highest BCUT2D eigenvalue weighted by molar-refractivity contribution is 5.81. The highest BCUT2D eigenvalue weighted by Crippen LogP contribution is 2.13. The molecule has 0 fully saturated rings. The molecular weight excluding hydrogens is 304 g/mol. The van der Waals surface area contributed by atoms with Gasteiger partial charge in [-0.15, -0.1) is 0 Å². The molecule has 0 saturated carbocycles. The molecule has 0 aromatic rings. The van der Waals surface area contributed by atoms with Crippen LogP contribution in [0.4, 0.5) is 0 Å². The minimum absolute atomic E-state index is 0.0394. The Morgan fingerprint density at radius 3 is 1.88 bits per heavy atom. The Hall–Kier alpha value is -1.32. The van der Waals surface area contributed by atoms with Crippen LogP contribution < -0.4 is 0 Å². The molecule has 0 amide bonds.